The molecule has 0 radical (unpaired) electrons. The van der Waals surface area contributed by atoms with Gasteiger partial charge in [-0.3, -0.25) is 4.79 Å². The van der Waals surface area contributed by atoms with Gasteiger partial charge < -0.3 is 19.5 Å². The maximum atomic E-state index is 12.1. The highest BCUT2D eigenvalue weighted by Gasteiger charge is 2.27. The van der Waals surface area contributed by atoms with E-state index in [0.717, 1.165) is 0 Å². The van der Waals surface area contributed by atoms with Crippen molar-refractivity contribution in [1.29, 1.82) is 0 Å². The van der Waals surface area contributed by atoms with Gasteiger partial charge in [-0.1, -0.05) is 31.9 Å². The number of esters is 2. The minimum Gasteiger partial charge on any atom is -0.496 e. The maximum absolute atomic E-state index is 12.1. The van der Waals surface area contributed by atoms with E-state index in [-0.39, 0.29) is 17.2 Å². The van der Waals surface area contributed by atoms with Gasteiger partial charge in [0.25, 0.3) is 5.91 Å². The second kappa shape index (κ2) is 9.88. The molecule has 1 amide bonds. The molecule has 2 atom stereocenters. The average molecular weight is 372 g/mol. The van der Waals surface area contributed by atoms with Gasteiger partial charge >= 0.3 is 11.9 Å². The van der Waals surface area contributed by atoms with Crippen LogP contribution in [0.5, 0.6) is 5.75 Å². The van der Waals surface area contributed by atoms with Crippen molar-refractivity contribution in [2.45, 2.75) is 26.3 Å². The standard InChI is InChI=1S/C17H22ClNO6/c1-5-10(2)15(17(22)24-4)19-14(20)9-25-16(21)12-8-11(18)6-7-13(12)23-3/h6-8,10,15H,5,9H2,1-4H3,(H,19,20)/t10-,15-/m1/s1. The molecule has 25 heavy (non-hydrogen) atoms. The summed E-state index contributed by atoms with van der Waals surface area (Å²) in [5.41, 5.74) is 0.106. The molecule has 0 saturated heterocycles. The van der Waals surface area contributed by atoms with Gasteiger partial charge in [-0.15, -0.1) is 0 Å². The third-order valence-corrected chi connectivity index (χ3v) is 3.94. The number of carbonyl (C=O) groups excluding carboxylic acids is 3. The molecular formula is C17H22ClNO6. The summed E-state index contributed by atoms with van der Waals surface area (Å²) in [6.45, 7) is 3.15. The molecule has 1 N–H and O–H groups in total. The molecule has 7 nitrogen and oxygen atoms in total. The van der Waals surface area contributed by atoms with E-state index in [1.807, 2.05) is 13.8 Å². The Balaban J connectivity index is 2.70. The lowest BCUT2D eigenvalue weighted by molar-refractivity contribution is -0.147. The molecule has 8 heteroatoms. The first-order valence-corrected chi connectivity index (χ1v) is 8.09. The number of carbonyl (C=O) groups is 3. The van der Waals surface area contributed by atoms with E-state index in [1.165, 1.54) is 26.4 Å². The molecule has 0 aliphatic carbocycles. The zero-order chi connectivity index (χ0) is 19.0. The van der Waals surface area contributed by atoms with Crippen LogP contribution in [0, 0.1) is 5.92 Å². The first-order valence-electron chi connectivity index (χ1n) is 7.71. The Morgan fingerprint density at radius 2 is 1.92 bits per heavy atom. The molecular weight excluding hydrogens is 350 g/mol. The van der Waals surface area contributed by atoms with E-state index in [0.29, 0.717) is 11.4 Å². The molecule has 0 aliphatic rings. The summed E-state index contributed by atoms with van der Waals surface area (Å²) >= 11 is 5.86. The number of rotatable bonds is 8. The van der Waals surface area contributed by atoms with Crippen LogP contribution in [-0.4, -0.2) is 44.7 Å². The van der Waals surface area contributed by atoms with Crippen LogP contribution in [0.25, 0.3) is 0 Å². The van der Waals surface area contributed by atoms with E-state index in [9.17, 15) is 14.4 Å². The highest BCUT2D eigenvalue weighted by atomic mass is 35.5. The maximum Gasteiger partial charge on any atom is 0.342 e. The Bertz CT molecular complexity index is 634. The number of hydrogen-bond acceptors (Lipinski definition) is 6. The van der Waals surface area contributed by atoms with Crippen molar-refractivity contribution in [1.82, 2.24) is 5.32 Å². The lowest BCUT2D eigenvalue weighted by Gasteiger charge is -2.21. The third kappa shape index (κ3) is 5.94. The first-order chi connectivity index (χ1) is 11.8. The molecule has 0 unspecified atom stereocenters. The van der Waals surface area contributed by atoms with Crippen molar-refractivity contribution < 1.29 is 28.6 Å². The van der Waals surface area contributed by atoms with Crippen molar-refractivity contribution in [3.05, 3.63) is 28.8 Å². The number of benzene rings is 1. The Hall–Kier alpha value is -2.28. The van der Waals surface area contributed by atoms with Gasteiger partial charge in [0, 0.05) is 5.02 Å². The van der Waals surface area contributed by atoms with Crippen molar-refractivity contribution >= 4 is 29.4 Å². The Kier molecular flexibility index (Phi) is 8.21. The highest BCUT2D eigenvalue weighted by Crippen LogP contribution is 2.23. The molecule has 1 rings (SSSR count). The molecule has 0 fully saturated rings. The van der Waals surface area contributed by atoms with E-state index in [1.54, 1.807) is 6.07 Å². The summed E-state index contributed by atoms with van der Waals surface area (Å²) in [6, 6.07) is 3.67. The second-order valence-electron chi connectivity index (χ2n) is 5.37. The highest BCUT2D eigenvalue weighted by molar-refractivity contribution is 6.31. The van der Waals surface area contributed by atoms with Gasteiger partial charge in [-0.2, -0.15) is 0 Å². The van der Waals surface area contributed by atoms with Crippen LogP contribution >= 0.6 is 11.6 Å². The van der Waals surface area contributed by atoms with Crippen LogP contribution in [-0.2, 0) is 19.1 Å². The van der Waals surface area contributed by atoms with Crippen LogP contribution < -0.4 is 10.1 Å². The van der Waals surface area contributed by atoms with Gasteiger partial charge in [0.05, 0.1) is 14.2 Å². The molecule has 0 aromatic heterocycles. The van der Waals surface area contributed by atoms with Crippen LogP contribution in [0.15, 0.2) is 18.2 Å². The summed E-state index contributed by atoms with van der Waals surface area (Å²) in [6.07, 6.45) is 0.666. The van der Waals surface area contributed by atoms with E-state index >= 15 is 0 Å². The lowest BCUT2D eigenvalue weighted by Crippen LogP contribution is -2.47. The fourth-order valence-electron chi connectivity index (χ4n) is 2.06. The van der Waals surface area contributed by atoms with E-state index in [2.05, 4.69) is 10.1 Å². The average Bonchev–Trinajstić information content (AvgIpc) is 2.62. The summed E-state index contributed by atoms with van der Waals surface area (Å²) < 4.78 is 14.7. The quantitative estimate of drug-likeness (QED) is 0.704. The van der Waals surface area contributed by atoms with Crippen LogP contribution in [0.2, 0.25) is 5.02 Å². The fraction of sp³-hybridized carbons (Fsp3) is 0.471. The van der Waals surface area contributed by atoms with Crippen molar-refractivity contribution in [2.24, 2.45) is 5.92 Å². The van der Waals surface area contributed by atoms with E-state index in [4.69, 9.17) is 21.1 Å². The molecule has 0 spiro atoms. The number of nitrogens with one attached hydrogen (secondary N) is 1. The molecule has 0 bridgehead atoms. The number of methoxy groups -OCH3 is 2. The predicted octanol–water partition coefficient (Wildman–Crippen LogP) is 2.21. The van der Waals surface area contributed by atoms with Crippen LogP contribution in [0.1, 0.15) is 30.6 Å². The summed E-state index contributed by atoms with van der Waals surface area (Å²) in [5.74, 6) is -1.76. The first kappa shape index (κ1) is 20.8. The lowest BCUT2D eigenvalue weighted by atomic mass is 9.99. The third-order valence-electron chi connectivity index (χ3n) is 3.70. The molecule has 1 aromatic carbocycles. The minimum absolute atomic E-state index is 0.106. The SMILES string of the molecule is CC[C@@H](C)[C@@H](NC(=O)COC(=O)c1cc(Cl)ccc1OC)C(=O)OC. The summed E-state index contributed by atoms with van der Waals surface area (Å²) in [5, 5.41) is 2.85. The smallest absolute Gasteiger partial charge is 0.342 e. The molecule has 138 valence electrons. The van der Waals surface area contributed by atoms with Crippen molar-refractivity contribution in [3.8, 4) is 5.75 Å². The number of hydrogen-bond donors (Lipinski definition) is 1. The molecule has 0 heterocycles. The van der Waals surface area contributed by atoms with Crippen LogP contribution in [0.4, 0.5) is 0 Å². The Labute approximate surface area is 151 Å². The predicted molar refractivity (Wildman–Crippen MR) is 91.7 cm³/mol. The van der Waals surface area contributed by atoms with Gasteiger partial charge in [0.2, 0.25) is 0 Å². The second-order valence-corrected chi connectivity index (χ2v) is 5.81. The summed E-state index contributed by atoms with van der Waals surface area (Å²) in [7, 11) is 2.65. The van der Waals surface area contributed by atoms with Gasteiger partial charge in [0.1, 0.15) is 17.4 Å². The number of ether oxygens (including phenoxy) is 3. The van der Waals surface area contributed by atoms with Gasteiger partial charge in [0.15, 0.2) is 6.61 Å². The monoisotopic (exact) mass is 371 g/mol. The fourth-order valence-corrected chi connectivity index (χ4v) is 2.23. The molecule has 0 saturated carbocycles. The normalized spacial score (nSPS) is 12.7. The topological polar surface area (TPSA) is 90.9 Å². The Morgan fingerprint density at radius 1 is 1.24 bits per heavy atom. The van der Waals surface area contributed by atoms with Crippen molar-refractivity contribution in [2.75, 3.05) is 20.8 Å². The van der Waals surface area contributed by atoms with Gasteiger partial charge in [-0.25, -0.2) is 9.59 Å². The molecule has 0 aliphatic heterocycles. The summed E-state index contributed by atoms with van der Waals surface area (Å²) in [4.78, 5) is 35.9. The zero-order valence-corrected chi connectivity index (χ0v) is 15.4. The number of amides is 1. The largest absolute Gasteiger partial charge is 0.496 e. The van der Waals surface area contributed by atoms with Gasteiger partial charge in [-0.05, 0) is 24.1 Å². The number of halogens is 1. The van der Waals surface area contributed by atoms with E-state index < -0.39 is 30.5 Å². The minimum atomic E-state index is -0.804. The zero-order valence-electron chi connectivity index (χ0n) is 14.6. The van der Waals surface area contributed by atoms with Crippen molar-refractivity contribution in [3.63, 3.8) is 0 Å². The Morgan fingerprint density at radius 3 is 2.48 bits per heavy atom. The van der Waals surface area contributed by atoms with Crippen LogP contribution in [0.3, 0.4) is 0 Å². The molecule has 1 aromatic rings.